The lowest BCUT2D eigenvalue weighted by atomic mass is 10.0. The number of anilines is 3. The second kappa shape index (κ2) is 9.94. The number of nitrogens with zero attached hydrogens (tertiary/aromatic N) is 2. The summed E-state index contributed by atoms with van der Waals surface area (Å²) in [6.07, 6.45) is -1.45. The average Bonchev–Trinajstić information content (AvgIpc) is 3.15. The summed E-state index contributed by atoms with van der Waals surface area (Å²) >= 11 is 0. The predicted octanol–water partition coefficient (Wildman–Crippen LogP) is 6.67. The van der Waals surface area contributed by atoms with Gasteiger partial charge in [-0.1, -0.05) is 30.3 Å². The Kier molecular flexibility index (Phi) is 6.49. The van der Waals surface area contributed by atoms with Crippen LogP contribution in [-0.2, 0) is 4.79 Å². The molecule has 4 aromatic rings. The smallest absolute Gasteiger partial charge is 0.505 e. The van der Waals surface area contributed by atoms with E-state index in [9.17, 15) is 19.1 Å². The number of halogens is 1. The SMILES string of the molecule is Cc1ccc(N2C(=O)C(=NNc3cccc(-c4cccc(OC(=O)O)c4)c3O)c3cc(F)c(C)cc32)cc1C. The van der Waals surface area contributed by atoms with E-state index in [1.165, 1.54) is 23.1 Å². The number of hydrazone groups is 1. The van der Waals surface area contributed by atoms with Gasteiger partial charge in [0.05, 0.1) is 11.4 Å². The number of carboxylic acid groups (broad SMARTS) is 1. The van der Waals surface area contributed by atoms with Crippen LogP contribution in [0.2, 0.25) is 0 Å². The highest BCUT2D eigenvalue weighted by Crippen LogP contribution is 2.39. The summed E-state index contributed by atoms with van der Waals surface area (Å²) in [5.74, 6) is -1.000. The summed E-state index contributed by atoms with van der Waals surface area (Å²) in [6, 6.07) is 19.6. The molecule has 0 fully saturated rings. The van der Waals surface area contributed by atoms with Crippen molar-refractivity contribution in [1.29, 1.82) is 0 Å². The lowest BCUT2D eigenvalue weighted by molar-refractivity contribution is -0.111. The third-order valence-corrected chi connectivity index (χ3v) is 6.60. The fourth-order valence-electron chi connectivity index (χ4n) is 4.41. The van der Waals surface area contributed by atoms with E-state index in [0.29, 0.717) is 33.6 Å². The monoisotopic (exact) mass is 525 g/mol. The summed E-state index contributed by atoms with van der Waals surface area (Å²) in [7, 11) is 0. The van der Waals surface area contributed by atoms with Crippen LogP contribution < -0.4 is 15.1 Å². The molecule has 4 aromatic carbocycles. The third kappa shape index (κ3) is 4.77. The topological polar surface area (TPSA) is 111 Å². The molecule has 5 rings (SSSR count). The molecule has 0 radical (unpaired) electrons. The number of ether oxygens (including phenoxy) is 1. The Hall–Kier alpha value is -5.18. The molecule has 8 nitrogen and oxygen atoms in total. The summed E-state index contributed by atoms with van der Waals surface area (Å²) in [4.78, 5) is 26.0. The lowest BCUT2D eigenvalue weighted by Gasteiger charge is -2.18. The third-order valence-electron chi connectivity index (χ3n) is 6.60. The number of rotatable bonds is 5. The maximum atomic E-state index is 14.6. The van der Waals surface area contributed by atoms with Gasteiger partial charge in [-0.2, -0.15) is 5.10 Å². The van der Waals surface area contributed by atoms with Gasteiger partial charge in [0.1, 0.15) is 17.3 Å². The predicted molar refractivity (Wildman–Crippen MR) is 147 cm³/mol. The van der Waals surface area contributed by atoms with Crippen molar-refractivity contribution in [3.05, 3.63) is 101 Å². The second-order valence-corrected chi connectivity index (χ2v) is 9.20. The quantitative estimate of drug-likeness (QED) is 0.116. The number of aryl methyl sites for hydroxylation is 3. The molecule has 3 N–H and O–H groups in total. The molecule has 0 unspecified atom stereocenters. The van der Waals surface area contributed by atoms with Gasteiger partial charge in [0.15, 0.2) is 5.71 Å². The Balaban J connectivity index is 1.53. The molecule has 0 saturated carbocycles. The van der Waals surface area contributed by atoms with Gasteiger partial charge in [0.25, 0.3) is 5.91 Å². The summed E-state index contributed by atoms with van der Waals surface area (Å²) in [6.45, 7) is 5.56. The molecule has 0 aliphatic carbocycles. The summed E-state index contributed by atoms with van der Waals surface area (Å²) < 4.78 is 19.3. The lowest BCUT2D eigenvalue weighted by Crippen LogP contribution is -2.26. The molecule has 0 aromatic heterocycles. The number of aromatic hydroxyl groups is 1. The zero-order chi connectivity index (χ0) is 27.8. The van der Waals surface area contributed by atoms with Crippen LogP contribution in [0, 0.1) is 26.6 Å². The van der Waals surface area contributed by atoms with E-state index >= 15 is 0 Å². The molecule has 0 atom stereocenters. The Bertz CT molecular complexity index is 1680. The first-order valence-electron chi connectivity index (χ1n) is 12.0. The van der Waals surface area contributed by atoms with E-state index < -0.39 is 17.9 Å². The minimum absolute atomic E-state index is 0.0104. The van der Waals surface area contributed by atoms with Crippen molar-refractivity contribution in [3.63, 3.8) is 0 Å². The number of carbonyl (C=O) groups excluding carboxylic acids is 1. The van der Waals surface area contributed by atoms with Gasteiger partial charge >= 0.3 is 6.16 Å². The van der Waals surface area contributed by atoms with Gasteiger partial charge in [-0.25, -0.2) is 9.18 Å². The number of benzene rings is 4. The first-order valence-corrected chi connectivity index (χ1v) is 12.0. The molecule has 0 saturated heterocycles. The summed E-state index contributed by atoms with van der Waals surface area (Å²) in [5.41, 5.74) is 7.76. The Morgan fingerprint density at radius 2 is 1.69 bits per heavy atom. The second-order valence-electron chi connectivity index (χ2n) is 9.20. The molecule has 1 aliphatic heterocycles. The van der Waals surface area contributed by atoms with Crippen LogP contribution >= 0.6 is 0 Å². The van der Waals surface area contributed by atoms with E-state index in [1.54, 1.807) is 43.3 Å². The van der Waals surface area contributed by atoms with Gasteiger partial charge in [-0.05, 0) is 85.5 Å². The van der Waals surface area contributed by atoms with Gasteiger partial charge < -0.3 is 14.9 Å². The number of nitrogens with one attached hydrogen (secondary N) is 1. The number of carbonyl (C=O) groups is 2. The number of phenols is 1. The van der Waals surface area contributed by atoms with E-state index in [1.807, 2.05) is 32.0 Å². The normalized spacial score (nSPS) is 13.5. The zero-order valence-corrected chi connectivity index (χ0v) is 21.3. The van der Waals surface area contributed by atoms with Crippen molar-refractivity contribution in [2.45, 2.75) is 20.8 Å². The van der Waals surface area contributed by atoms with Crippen molar-refractivity contribution in [2.75, 3.05) is 10.3 Å². The fraction of sp³-hybridized carbons (Fsp3) is 0.100. The highest BCUT2D eigenvalue weighted by Gasteiger charge is 2.36. The molecule has 1 amide bonds. The van der Waals surface area contributed by atoms with E-state index in [-0.39, 0.29) is 22.9 Å². The van der Waals surface area contributed by atoms with Crippen LogP contribution in [0.3, 0.4) is 0 Å². The Morgan fingerprint density at radius 1 is 0.923 bits per heavy atom. The average molecular weight is 526 g/mol. The zero-order valence-electron chi connectivity index (χ0n) is 21.3. The highest BCUT2D eigenvalue weighted by atomic mass is 19.1. The Morgan fingerprint density at radius 3 is 2.44 bits per heavy atom. The van der Waals surface area contributed by atoms with Gasteiger partial charge in [0, 0.05) is 16.8 Å². The molecular weight excluding hydrogens is 501 g/mol. The number of fused-ring (bicyclic) bond motifs is 1. The van der Waals surface area contributed by atoms with Crippen molar-refractivity contribution < 1.29 is 28.9 Å². The van der Waals surface area contributed by atoms with Gasteiger partial charge in [0.2, 0.25) is 0 Å². The molecule has 196 valence electrons. The maximum absolute atomic E-state index is 14.6. The first-order chi connectivity index (χ1) is 18.6. The fourth-order valence-corrected chi connectivity index (χ4v) is 4.41. The van der Waals surface area contributed by atoms with E-state index in [0.717, 1.165) is 11.1 Å². The van der Waals surface area contributed by atoms with Crippen molar-refractivity contribution in [3.8, 4) is 22.6 Å². The molecule has 0 spiro atoms. The van der Waals surface area contributed by atoms with Crippen LogP contribution in [0.15, 0.2) is 77.9 Å². The van der Waals surface area contributed by atoms with Crippen LogP contribution in [0.4, 0.5) is 26.2 Å². The van der Waals surface area contributed by atoms with Crippen LogP contribution in [0.5, 0.6) is 11.5 Å². The molecule has 9 heteroatoms. The van der Waals surface area contributed by atoms with Crippen LogP contribution in [-0.4, -0.2) is 28.0 Å². The summed E-state index contributed by atoms with van der Waals surface area (Å²) in [5, 5.41) is 24.2. The number of amides is 1. The minimum atomic E-state index is -1.45. The van der Waals surface area contributed by atoms with Crippen molar-refractivity contribution in [2.24, 2.45) is 5.10 Å². The van der Waals surface area contributed by atoms with Crippen LogP contribution in [0.1, 0.15) is 22.3 Å². The van der Waals surface area contributed by atoms with Crippen LogP contribution in [0.25, 0.3) is 11.1 Å². The Labute approximate surface area is 223 Å². The maximum Gasteiger partial charge on any atom is 0.511 e. The number of hydrogen-bond acceptors (Lipinski definition) is 6. The number of hydrogen-bond donors (Lipinski definition) is 3. The van der Waals surface area contributed by atoms with E-state index in [4.69, 9.17) is 9.84 Å². The van der Waals surface area contributed by atoms with Gasteiger partial charge in [-0.3, -0.25) is 15.1 Å². The molecule has 0 bridgehead atoms. The van der Waals surface area contributed by atoms with Crippen molar-refractivity contribution >= 4 is 34.8 Å². The standard InChI is InChI=1S/C30H24FN3O5/c1-16-10-11-20(12-17(16)2)34-26-13-18(3)24(31)15-23(26)27(29(34)36)33-32-25-9-5-8-22(28(25)35)19-6-4-7-21(14-19)39-30(37)38/h4-15,32,35H,1-3H3,(H,37,38). The minimum Gasteiger partial charge on any atom is -0.505 e. The molecule has 1 heterocycles. The molecule has 1 aliphatic rings. The number of para-hydroxylation sites is 1. The van der Waals surface area contributed by atoms with E-state index in [2.05, 4.69) is 10.5 Å². The molecule has 39 heavy (non-hydrogen) atoms. The highest BCUT2D eigenvalue weighted by molar-refractivity contribution is 6.55. The first kappa shape index (κ1) is 25.5. The van der Waals surface area contributed by atoms with Crippen molar-refractivity contribution in [1.82, 2.24) is 0 Å². The molecular formula is C30H24FN3O5. The van der Waals surface area contributed by atoms with Gasteiger partial charge in [-0.15, -0.1) is 0 Å². The largest absolute Gasteiger partial charge is 0.511 e. The number of phenolic OH excluding ortho intramolecular Hbond substituents is 1.